The van der Waals surface area contributed by atoms with E-state index in [2.05, 4.69) is 4.98 Å². The smallest absolute Gasteiger partial charge is 0.284 e. The summed E-state index contributed by atoms with van der Waals surface area (Å²) < 4.78 is 5.10. The summed E-state index contributed by atoms with van der Waals surface area (Å²) in [6.45, 7) is 0.316. The van der Waals surface area contributed by atoms with Crippen LogP contribution in [-0.2, 0) is 21.7 Å². The van der Waals surface area contributed by atoms with Crippen molar-refractivity contribution in [2.45, 2.75) is 31.1 Å². The molecule has 3 aromatic rings. The van der Waals surface area contributed by atoms with Crippen LogP contribution in [0.5, 0.6) is 46.0 Å². The first-order chi connectivity index (χ1) is 19.4. The monoisotopic (exact) mass is 616 g/mol. The molecule has 0 aliphatic heterocycles. The quantitative estimate of drug-likeness (QED) is 0.0708. The summed E-state index contributed by atoms with van der Waals surface area (Å²) in [4.78, 5) is 16.2. The van der Waals surface area contributed by atoms with Gasteiger partial charge in [-0.2, -0.15) is 0 Å². The van der Waals surface area contributed by atoms with Gasteiger partial charge in [0.05, 0.1) is 18.2 Å². The zero-order valence-corrected chi connectivity index (χ0v) is 22.5. The number of thiazole rings is 1. The number of aliphatic hydroxyl groups is 4. The number of benzene rings is 2. The highest BCUT2D eigenvalue weighted by Crippen LogP contribution is 2.54. The molecule has 0 spiro atoms. The van der Waals surface area contributed by atoms with E-state index in [-0.39, 0.29) is 22.0 Å². The molecule has 1 heterocycles. The van der Waals surface area contributed by atoms with Crippen LogP contribution in [0.3, 0.4) is 0 Å². The lowest BCUT2D eigenvalue weighted by molar-refractivity contribution is -0.380. The van der Waals surface area contributed by atoms with E-state index in [1.807, 2.05) is 5.32 Å². The minimum absolute atomic E-state index is 0.151. The highest BCUT2D eigenvalue weighted by molar-refractivity contribution is 7.13. The summed E-state index contributed by atoms with van der Waals surface area (Å²) in [5, 5.41) is 129. The molecule has 18 nitrogen and oxygen atoms in total. The summed E-state index contributed by atoms with van der Waals surface area (Å²) in [5.41, 5.74) is 2.47. The summed E-state index contributed by atoms with van der Waals surface area (Å²) >= 11 is 1.03. The number of anilines is 2. The fraction of sp³-hybridized carbons (Fsp3) is 0.304. The first-order valence-corrected chi connectivity index (χ1v) is 12.4. The number of phenolic OH excluding ortho intramolecular Hbond substituents is 8. The van der Waals surface area contributed by atoms with Crippen LogP contribution in [0.25, 0.3) is 0 Å². The SMILES string of the molecule is COC(CNC(O)(O)C(O)(O)c1c(O)c(O)c(NC(=O)Cc2csc(N)n2)c(O)c1O)c1c(C)c(O)c(O)c(O)c1O. The first-order valence-electron chi connectivity index (χ1n) is 11.5. The summed E-state index contributed by atoms with van der Waals surface area (Å²) in [6, 6.07) is 0. The number of amides is 1. The van der Waals surface area contributed by atoms with Crippen molar-refractivity contribution in [1.29, 1.82) is 0 Å². The number of carbonyl (C=O) groups is 1. The number of phenols is 8. The molecule has 230 valence electrons. The maximum absolute atomic E-state index is 12.3. The maximum Gasteiger partial charge on any atom is 0.284 e. The normalized spacial score (nSPS) is 12.8. The van der Waals surface area contributed by atoms with Crippen LogP contribution in [0, 0.1) is 6.92 Å². The van der Waals surface area contributed by atoms with Gasteiger partial charge in [-0.05, 0) is 6.92 Å². The summed E-state index contributed by atoms with van der Waals surface area (Å²) in [6.07, 6.45) is -1.93. The number of nitrogens with one attached hydrogen (secondary N) is 2. The topological polar surface area (TPSA) is 332 Å². The van der Waals surface area contributed by atoms with E-state index in [1.165, 1.54) is 12.3 Å². The third-order valence-electron chi connectivity index (χ3n) is 6.23. The number of hydrogen-bond acceptors (Lipinski definition) is 18. The highest BCUT2D eigenvalue weighted by atomic mass is 32.1. The minimum Gasteiger partial charge on any atom is -0.504 e. The molecule has 1 aromatic heterocycles. The molecular weight excluding hydrogens is 588 g/mol. The van der Waals surface area contributed by atoms with Crippen LogP contribution in [0.4, 0.5) is 10.8 Å². The number of rotatable bonds is 10. The molecule has 1 amide bonds. The zero-order valence-electron chi connectivity index (χ0n) is 21.7. The van der Waals surface area contributed by atoms with Gasteiger partial charge in [0.15, 0.2) is 39.6 Å². The van der Waals surface area contributed by atoms with Crippen molar-refractivity contribution in [3.8, 4) is 46.0 Å². The van der Waals surface area contributed by atoms with Gasteiger partial charge in [0.25, 0.3) is 11.7 Å². The first kappa shape index (κ1) is 32.0. The van der Waals surface area contributed by atoms with Crippen LogP contribution in [0.1, 0.15) is 28.5 Å². The second kappa shape index (κ2) is 11.4. The number of nitrogens with zero attached hydrogens (tertiary/aromatic N) is 1. The van der Waals surface area contributed by atoms with Gasteiger partial charge in [-0.1, -0.05) is 0 Å². The Morgan fingerprint density at radius 1 is 0.929 bits per heavy atom. The van der Waals surface area contributed by atoms with Gasteiger partial charge in [0.1, 0.15) is 11.3 Å². The molecular formula is C23H28N4O14S. The Morgan fingerprint density at radius 2 is 1.48 bits per heavy atom. The predicted octanol–water partition coefficient (Wildman–Crippen LogP) is -1.39. The molecule has 0 saturated carbocycles. The van der Waals surface area contributed by atoms with Crippen LogP contribution >= 0.6 is 11.3 Å². The van der Waals surface area contributed by atoms with E-state index in [0.717, 1.165) is 18.4 Å². The molecule has 0 aliphatic carbocycles. The standard InChI is InChI=1S/C23H28N4O14S/c1-6-10(14(30)20(36)19(35)13(6)29)8(41-2)4-25-23(39,40)22(37,38)11-15(31)17(33)12(18(34)16(11)32)27-9(28)3-7-5-42-21(24)26-7/h5,8,25,29-40H,3-4H2,1-2H3,(H2,24,26)(H,27,28). The van der Waals surface area contributed by atoms with E-state index in [0.29, 0.717) is 0 Å². The van der Waals surface area contributed by atoms with Gasteiger partial charge in [-0.3, -0.25) is 10.1 Å². The average Bonchev–Trinajstić information content (AvgIpc) is 3.33. The molecule has 16 N–H and O–H groups in total. The summed E-state index contributed by atoms with van der Waals surface area (Å²) in [7, 11) is 1.04. The molecule has 42 heavy (non-hydrogen) atoms. The van der Waals surface area contributed by atoms with E-state index in [4.69, 9.17) is 10.5 Å². The number of aromatic hydroxyl groups is 8. The van der Waals surface area contributed by atoms with Crippen molar-refractivity contribution in [1.82, 2.24) is 10.3 Å². The van der Waals surface area contributed by atoms with Crippen LogP contribution in [0.2, 0.25) is 0 Å². The lowest BCUT2D eigenvalue weighted by Crippen LogP contribution is -2.62. The number of hydrogen-bond donors (Lipinski definition) is 15. The van der Waals surface area contributed by atoms with E-state index < -0.39 is 93.9 Å². The van der Waals surface area contributed by atoms with Crippen molar-refractivity contribution >= 4 is 28.1 Å². The number of carbonyl (C=O) groups excluding carboxylic acids is 1. The molecule has 0 aliphatic rings. The second-order valence-electron chi connectivity index (χ2n) is 8.93. The summed E-state index contributed by atoms with van der Waals surface area (Å²) in [5.74, 6) is -19.1. The van der Waals surface area contributed by atoms with Gasteiger partial charge in [0, 0.05) is 30.2 Å². The molecule has 0 bridgehead atoms. The fourth-order valence-corrected chi connectivity index (χ4v) is 4.53. The van der Waals surface area contributed by atoms with Crippen molar-refractivity contribution < 1.29 is 70.8 Å². The van der Waals surface area contributed by atoms with Crippen molar-refractivity contribution in [2.75, 3.05) is 24.7 Å². The van der Waals surface area contributed by atoms with Gasteiger partial charge in [-0.25, -0.2) is 4.98 Å². The number of nitrogens with two attached hydrogens (primary N) is 1. The Balaban J connectivity index is 1.93. The second-order valence-corrected chi connectivity index (χ2v) is 9.82. The molecule has 1 atom stereocenters. The van der Waals surface area contributed by atoms with Gasteiger partial charge in [0.2, 0.25) is 17.4 Å². The van der Waals surface area contributed by atoms with Crippen LogP contribution < -0.4 is 16.4 Å². The van der Waals surface area contributed by atoms with Crippen molar-refractivity contribution in [3.05, 3.63) is 27.8 Å². The Hall–Kier alpha value is -4.50. The van der Waals surface area contributed by atoms with Gasteiger partial charge in [-0.15, -0.1) is 11.3 Å². The molecule has 1 unspecified atom stereocenters. The Kier molecular flexibility index (Phi) is 8.70. The van der Waals surface area contributed by atoms with Gasteiger partial charge >= 0.3 is 0 Å². The predicted molar refractivity (Wildman–Crippen MR) is 141 cm³/mol. The molecule has 3 rings (SSSR count). The Labute approximate surface area is 239 Å². The van der Waals surface area contributed by atoms with E-state index in [9.17, 15) is 66.1 Å². The largest absolute Gasteiger partial charge is 0.504 e. The van der Waals surface area contributed by atoms with E-state index in [1.54, 1.807) is 5.32 Å². The number of methoxy groups -OCH3 is 1. The fourth-order valence-electron chi connectivity index (χ4n) is 3.96. The zero-order chi connectivity index (χ0) is 31.9. The van der Waals surface area contributed by atoms with Gasteiger partial charge < -0.3 is 77.1 Å². The lowest BCUT2D eigenvalue weighted by atomic mass is 9.96. The number of nitrogen functional groups attached to an aromatic ring is 1. The third kappa shape index (κ3) is 5.52. The Morgan fingerprint density at radius 3 is 1.98 bits per heavy atom. The highest BCUT2D eigenvalue weighted by Gasteiger charge is 2.54. The van der Waals surface area contributed by atoms with E-state index >= 15 is 0 Å². The van der Waals surface area contributed by atoms with Crippen LogP contribution in [-0.4, -0.2) is 91.7 Å². The maximum atomic E-state index is 12.3. The molecule has 0 fully saturated rings. The molecule has 2 aromatic carbocycles. The number of aromatic nitrogens is 1. The van der Waals surface area contributed by atoms with Crippen LogP contribution in [0.15, 0.2) is 5.38 Å². The van der Waals surface area contributed by atoms with Crippen molar-refractivity contribution in [2.24, 2.45) is 0 Å². The van der Waals surface area contributed by atoms with Crippen molar-refractivity contribution in [3.63, 3.8) is 0 Å². The molecule has 19 heteroatoms. The number of ether oxygens (including phenoxy) is 1. The molecule has 0 saturated heterocycles. The molecule has 0 radical (unpaired) electrons. The average molecular weight is 617 g/mol. The Bertz CT molecular complexity index is 1470. The minimum atomic E-state index is -4.15. The third-order valence-corrected chi connectivity index (χ3v) is 6.96. The lowest BCUT2D eigenvalue weighted by Gasteiger charge is -2.37.